The number of benzene rings is 1. The van der Waals surface area contributed by atoms with E-state index in [1.54, 1.807) is 18.0 Å². The number of methoxy groups -OCH3 is 1. The Balaban J connectivity index is 1.56. The van der Waals surface area contributed by atoms with Gasteiger partial charge in [0.2, 0.25) is 0 Å². The standard InChI is InChI=1S/C25H26N6O4S/c1-25(2)12-10-15(11-13-25)21-27-22(29-24(32)19-8-9-20(36-19)31(33)34)18-14-26-30(23(18)28-21)16-4-6-17(35-3)7-5-16/h4-9,14-15H,10-13H2,1-3H3,(H,27,28,29,32). The summed E-state index contributed by atoms with van der Waals surface area (Å²) in [6.45, 7) is 4.55. The maximum absolute atomic E-state index is 13.0. The van der Waals surface area contributed by atoms with Gasteiger partial charge in [0.05, 0.1) is 34.2 Å². The molecule has 1 aliphatic rings. The van der Waals surface area contributed by atoms with Crippen LogP contribution in [0.15, 0.2) is 42.6 Å². The summed E-state index contributed by atoms with van der Waals surface area (Å²) >= 11 is 0.824. The van der Waals surface area contributed by atoms with Gasteiger partial charge in [-0.3, -0.25) is 14.9 Å². The number of hydrogen-bond donors (Lipinski definition) is 1. The lowest BCUT2D eigenvalue weighted by Gasteiger charge is -2.33. The minimum Gasteiger partial charge on any atom is -0.497 e. The first kappa shape index (κ1) is 23.9. The van der Waals surface area contributed by atoms with Crippen LogP contribution in [0.5, 0.6) is 5.75 Å². The minimum atomic E-state index is -0.508. The van der Waals surface area contributed by atoms with E-state index < -0.39 is 10.8 Å². The van der Waals surface area contributed by atoms with Crippen molar-refractivity contribution in [2.75, 3.05) is 12.4 Å². The van der Waals surface area contributed by atoms with E-state index in [-0.39, 0.29) is 21.2 Å². The number of hydrogen-bond acceptors (Lipinski definition) is 8. The fourth-order valence-electron chi connectivity index (χ4n) is 4.49. The second-order valence-corrected chi connectivity index (χ2v) is 10.8. The van der Waals surface area contributed by atoms with E-state index in [2.05, 4.69) is 24.3 Å². The van der Waals surface area contributed by atoms with Crippen LogP contribution in [0, 0.1) is 15.5 Å². The second kappa shape index (κ2) is 9.30. The molecule has 3 aromatic heterocycles. The average Bonchev–Trinajstić information content (AvgIpc) is 3.52. The number of fused-ring (bicyclic) bond motifs is 1. The molecule has 5 rings (SSSR count). The number of rotatable bonds is 6. The smallest absolute Gasteiger partial charge is 0.324 e. The van der Waals surface area contributed by atoms with E-state index in [1.807, 2.05) is 24.3 Å². The first-order valence-corrected chi connectivity index (χ1v) is 12.5. The van der Waals surface area contributed by atoms with Crippen molar-refractivity contribution in [1.82, 2.24) is 19.7 Å². The number of amides is 1. The van der Waals surface area contributed by atoms with Crippen LogP contribution < -0.4 is 10.1 Å². The van der Waals surface area contributed by atoms with Gasteiger partial charge in [-0.25, -0.2) is 14.6 Å². The van der Waals surface area contributed by atoms with E-state index in [0.29, 0.717) is 22.7 Å². The SMILES string of the molecule is COc1ccc(-n2ncc3c(NC(=O)c4ccc([N+](=O)[O-])s4)nc(C4CCC(C)(C)CC4)nc32)cc1. The number of aromatic nitrogens is 4. The highest BCUT2D eigenvalue weighted by Crippen LogP contribution is 2.42. The van der Waals surface area contributed by atoms with Crippen molar-refractivity contribution in [2.45, 2.75) is 45.4 Å². The zero-order chi connectivity index (χ0) is 25.4. The molecule has 0 spiro atoms. The van der Waals surface area contributed by atoms with Gasteiger partial charge in [0.25, 0.3) is 5.91 Å². The van der Waals surface area contributed by atoms with E-state index in [4.69, 9.17) is 14.7 Å². The fourth-order valence-corrected chi connectivity index (χ4v) is 5.21. The molecule has 0 saturated heterocycles. The quantitative estimate of drug-likeness (QED) is 0.261. The molecule has 4 aromatic rings. The van der Waals surface area contributed by atoms with Gasteiger partial charge in [0.1, 0.15) is 17.4 Å². The van der Waals surface area contributed by atoms with Crippen LogP contribution >= 0.6 is 11.3 Å². The molecule has 10 nitrogen and oxygen atoms in total. The van der Waals surface area contributed by atoms with Crippen LogP contribution in [0.3, 0.4) is 0 Å². The van der Waals surface area contributed by atoms with Crippen molar-refractivity contribution in [1.29, 1.82) is 0 Å². The molecule has 1 amide bonds. The molecule has 0 atom stereocenters. The third-order valence-electron chi connectivity index (χ3n) is 6.69. The number of nitrogens with one attached hydrogen (secondary N) is 1. The molecule has 36 heavy (non-hydrogen) atoms. The molecule has 0 unspecified atom stereocenters. The monoisotopic (exact) mass is 506 g/mol. The highest BCUT2D eigenvalue weighted by molar-refractivity contribution is 7.17. The Kier molecular flexibility index (Phi) is 6.17. The van der Waals surface area contributed by atoms with Gasteiger partial charge in [-0.15, -0.1) is 0 Å². The van der Waals surface area contributed by atoms with Crippen LogP contribution in [0.25, 0.3) is 16.7 Å². The average molecular weight is 507 g/mol. The largest absolute Gasteiger partial charge is 0.497 e. The van der Waals surface area contributed by atoms with Gasteiger partial charge in [-0.05, 0) is 61.4 Å². The van der Waals surface area contributed by atoms with E-state index in [9.17, 15) is 14.9 Å². The molecule has 1 aromatic carbocycles. The van der Waals surface area contributed by atoms with Crippen LogP contribution in [0.2, 0.25) is 0 Å². The number of nitro groups is 1. The summed E-state index contributed by atoms with van der Waals surface area (Å²) in [7, 11) is 1.61. The van der Waals surface area contributed by atoms with Crippen molar-refractivity contribution in [3.8, 4) is 11.4 Å². The van der Waals surface area contributed by atoms with Crippen molar-refractivity contribution < 1.29 is 14.5 Å². The van der Waals surface area contributed by atoms with Crippen molar-refractivity contribution in [3.05, 3.63) is 63.4 Å². The van der Waals surface area contributed by atoms with Crippen molar-refractivity contribution in [2.24, 2.45) is 5.41 Å². The molecule has 11 heteroatoms. The van der Waals surface area contributed by atoms with Gasteiger partial charge in [0, 0.05) is 12.0 Å². The van der Waals surface area contributed by atoms with Gasteiger partial charge in [0.15, 0.2) is 5.65 Å². The molecule has 1 saturated carbocycles. The lowest BCUT2D eigenvalue weighted by Crippen LogP contribution is -2.22. The Labute approximate surface area is 211 Å². The molecule has 0 aliphatic heterocycles. The number of thiophene rings is 1. The number of ether oxygens (including phenoxy) is 1. The number of anilines is 1. The molecule has 0 bridgehead atoms. The minimum absolute atomic E-state index is 0.0918. The lowest BCUT2D eigenvalue weighted by atomic mass is 9.73. The zero-order valence-corrected chi connectivity index (χ0v) is 21.0. The molecular formula is C25H26N6O4S. The highest BCUT2D eigenvalue weighted by Gasteiger charge is 2.30. The third kappa shape index (κ3) is 4.66. The van der Waals surface area contributed by atoms with E-state index in [0.717, 1.165) is 48.5 Å². The summed E-state index contributed by atoms with van der Waals surface area (Å²) in [6, 6.07) is 10.2. The molecule has 186 valence electrons. The van der Waals surface area contributed by atoms with Crippen molar-refractivity contribution in [3.63, 3.8) is 0 Å². The Morgan fingerprint density at radius 1 is 1.17 bits per heavy atom. The fraction of sp³-hybridized carbons (Fsp3) is 0.360. The zero-order valence-electron chi connectivity index (χ0n) is 20.2. The van der Waals surface area contributed by atoms with Gasteiger partial charge in [-0.2, -0.15) is 5.10 Å². The Hall–Kier alpha value is -3.86. The summed E-state index contributed by atoms with van der Waals surface area (Å²) in [5, 5.41) is 18.9. The number of nitrogens with zero attached hydrogens (tertiary/aromatic N) is 5. The molecule has 1 N–H and O–H groups in total. The Morgan fingerprint density at radius 2 is 1.89 bits per heavy atom. The van der Waals surface area contributed by atoms with Gasteiger partial charge >= 0.3 is 5.00 Å². The Bertz CT molecular complexity index is 1430. The predicted molar refractivity (Wildman–Crippen MR) is 137 cm³/mol. The predicted octanol–water partition coefficient (Wildman–Crippen LogP) is 5.73. The molecule has 1 fully saturated rings. The van der Waals surface area contributed by atoms with Crippen LogP contribution in [-0.4, -0.2) is 37.7 Å². The molecular weight excluding hydrogens is 480 g/mol. The lowest BCUT2D eigenvalue weighted by molar-refractivity contribution is -0.380. The summed E-state index contributed by atoms with van der Waals surface area (Å²) in [5.41, 5.74) is 1.67. The van der Waals surface area contributed by atoms with Crippen LogP contribution in [0.1, 0.15) is 60.9 Å². The van der Waals surface area contributed by atoms with Gasteiger partial charge < -0.3 is 10.1 Å². The summed E-state index contributed by atoms with van der Waals surface area (Å²) in [5.74, 6) is 1.45. The van der Waals surface area contributed by atoms with E-state index in [1.165, 1.54) is 12.1 Å². The topological polar surface area (TPSA) is 125 Å². The number of carbonyl (C=O) groups excluding carboxylic acids is 1. The normalized spacial score (nSPS) is 15.6. The van der Waals surface area contributed by atoms with E-state index >= 15 is 0 Å². The second-order valence-electron chi connectivity index (χ2n) is 9.71. The third-order valence-corrected chi connectivity index (χ3v) is 7.73. The molecule has 0 radical (unpaired) electrons. The highest BCUT2D eigenvalue weighted by atomic mass is 32.1. The maximum Gasteiger partial charge on any atom is 0.324 e. The first-order chi connectivity index (χ1) is 17.2. The Morgan fingerprint density at radius 3 is 2.53 bits per heavy atom. The molecule has 1 aliphatic carbocycles. The van der Waals surface area contributed by atoms with Crippen LogP contribution in [0.4, 0.5) is 10.8 Å². The molecule has 3 heterocycles. The van der Waals surface area contributed by atoms with Crippen LogP contribution in [-0.2, 0) is 0 Å². The van der Waals surface area contributed by atoms with Gasteiger partial charge in [-0.1, -0.05) is 25.2 Å². The summed E-state index contributed by atoms with van der Waals surface area (Å²) in [6.07, 6.45) is 5.67. The maximum atomic E-state index is 13.0. The first-order valence-electron chi connectivity index (χ1n) is 11.7. The van der Waals surface area contributed by atoms with Crippen molar-refractivity contribution >= 4 is 39.1 Å². The summed E-state index contributed by atoms with van der Waals surface area (Å²) in [4.78, 5) is 33.5. The number of carbonyl (C=O) groups is 1. The summed E-state index contributed by atoms with van der Waals surface area (Å²) < 4.78 is 6.99.